The summed E-state index contributed by atoms with van der Waals surface area (Å²) in [5.41, 5.74) is 5.23. The van der Waals surface area contributed by atoms with Crippen molar-refractivity contribution in [2.24, 2.45) is 5.10 Å². The lowest BCUT2D eigenvalue weighted by molar-refractivity contribution is -0.120. The number of pyridine rings is 1. The number of hydrogen-bond acceptors (Lipinski definition) is 5. The van der Waals surface area contributed by atoms with Crippen molar-refractivity contribution in [2.45, 2.75) is 6.92 Å². The Bertz CT molecular complexity index is 1080. The first-order chi connectivity index (χ1) is 14.0. The number of nitrogens with one attached hydrogen (secondary N) is 2. The summed E-state index contributed by atoms with van der Waals surface area (Å²) in [6, 6.07) is 14.3. The highest BCUT2D eigenvalue weighted by atomic mass is 35.5. The molecule has 0 spiro atoms. The van der Waals surface area contributed by atoms with Crippen LogP contribution in [0.5, 0.6) is 5.75 Å². The molecule has 3 aromatic rings. The number of carbonyl (C=O) groups is 2. The zero-order valence-electron chi connectivity index (χ0n) is 15.9. The molecule has 0 aliphatic rings. The summed E-state index contributed by atoms with van der Waals surface area (Å²) in [4.78, 5) is 28.3. The molecular formula is C21H19ClN4O3. The third-order valence-electron chi connectivity index (χ3n) is 4.11. The van der Waals surface area contributed by atoms with Gasteiger partial charge in [0.2, 0.25) is 0 Å². The van der Waals surface area contributed by atoms with E-state index in [1.54, 1.807) is 31.4 Å². The number of nitrogens with zero attached hydrogens (tertiary/aromatic N) is 2. The molecule has 0 bridgehead atoms. The van der Waals surface area contributed by atoms with Crippen molar-refractivity contribution < 1.29 is 14.3 Å². The minimum Gasteiger partial charge on any atom is -0.497 e. The summed E-state index contributed by atoms with van der Waals surface area (Å²) in [6.07, 6.45) is 1.41. The van der Waals surface area contributed by atoms with Gasteiger partial charge in [-0.15, -0.1) is 0 Å². The molecule has 1 aromatic heterocycles. The molecule has 3 rings (SSSR count). The molecule has 0 aliphatic heterocycles. The molecule has 148 valence electrons. The van der Waals surface area contributed by atoms with Crippen LogP contribution in [0.1, 0.15) is 21.5 Å². The van der Waals surface area contributed by atoms with Crippen molar-refractivity contribution in [1.82, 2.24) is 15.7 Å². The van der Waals surface area contributed by atoms with Crippen LogP contribution >= 0.6 is 11.6 Å². The van der Waals surface area contributed by atoms with Crippen LogP contribution in [-0.4, -0.2) is 36.7 Å². The molecule has 7 nitrogen and oxygen atoms in total. The summed E-state index contributed by atoms with van der Waals surface area (Å²) in [5, 5.41) is 7.61. The Morgan fingerprint density at radius 3 is 2.66 bits per heavy atom. The predicted octanol–water partition coefficient (Wildman–Crippen LogP) is 3.09. The number of aromatic nitrogens is 1. The first-order valence-electron chi connectivity index (χ1n) is 8.77. The van der Waals surface area contributed by atoms with E-state index in [2.05, 4.69) is 20.8 Å². The SMILES string of the molecule is COc1ccc(C(=O)NCC(=O)N/N=C\c2cc3ccc(C)cc3nc2Cl)cc1. The quantitative estimate of drug-likeness (QED) is 0.371. The second-order valence-corrected chi connectivity index (χ2v) is 6.63. The van der Waals surface area contributed by atoms with Gasteiger partial charge in [-0.1, -0.05) is 23.7 Å². The van der Waals surface area contributed by atoms with Crippen molar-refractivity contribution in [1.29, 1.82) is 0 Å². The Hall–Kier alpha value is -3.45. The first-order valence-corrected chi connectivity index (χ1v) is 9.15. The smallest absolute Gasteiger partial charge is 0.259 e. The molecule has 0 radical (unpaired) electrons. The second kappa shape index (κ2) is 9.16. The van der Waals surface area contributed by atoms with Crippen molar-refractivity contribution in [3.63, 3.8) is 0 Å². The standard InChI is InChI=1S/C21H19ClN4O3/c1-13-3-4-15-10-16(20(22)25-18(15)9-13)11-24-26-19(27)12-23-21(28)14-5-7-17(29-2)8-6-14/h3-11H,12H2,1-2H3,(H,23,28)(H,26,27)/b24-11-. The maximum Gasteiger partial charge on any atom is 0.259 e. The Balaban J connectivity index is 1.55. The number of ether oxygens (including phenoxy) is 1. The number of benzene rings is 2. The summed E-state index contributed by atoms with van der Waals surface area (Å²) >= 11 is 6.18. The number of aryl methyl sites for hydroxylation is 1. The molecule has 0 unspecified atom stereocenters. The molecule has 2 aromatic carbocycles. The van der Waals surface area contributed by atoms with Gasteiger partial charge in [0, 0.05) is 16.5 Å². The van der Waals surface area contributed by atoms with Gasteiger partial charge < -0.3 is 10.1 Å². The average molecular weight is 411 g/mol. The average Bonchev–Trinajstić information content (AvgIpc) is 2.72. The van der Waals surface area contributed by atoms with Crippen LogP contribution in [0.15, 0.2) is 53.6 Å². The van der Waals surface area contributed by atoms with Gasteiger partial charge in [0.15, 0.2) is 0 Å². The van der Waals surface area contributed by atoms with Gasteiger partial charge in [0.05, 0.1) is 25.4 Å². The Morgan fingerprint density at radius 1 is 1.17 bits per heavy atom. The molecule has 29 heavy (non-hydrogen) atoms. The van der Waals surface area contributed by atoms with Crippen LogP contribution in [0.25, 0.3) is 10.9 Å². The van der Waals surface area contributed by atoms with Crippen LogP contribution in [0.2, 0.25) is 5.15 Å². The molecule has 2 N–H and O–H groups in total. The minimum atomic E-state index is -0.469. The largest absolute Gasteiger partial charge is 0.497 e. The number of halogens is 1. The van der Waals surface area contributed by atoms with E-state index in [1.807, 2.05) is 31.2 Å². The summed E-state index contributed by atoms with van der Waals surface area (Å²) in [7, 11) is 1.54. The highest BCUT2D eigenvalue weighted by Gasteiger charge is 2.08. The fourth-order valence-corrected chi connectivity index (χ4v) is 2.77. The molecule has 1 heterocycles. The van der Waals surface area contributed by atoms with Crippen molar-refractivity contribution in [3.05, 3.63) is 70.4 Å². The highest BCUT2D eigenvalue weighted by Crippen LogP contribution is 2.20. The van der Waals surface area contributed by atoms with Gasteiger partial charge in [-0.05, 0) is 48.9 Å². The van der Waals surface area contributed by atoms with Crippen molar-refractivity contribution in [3.8, 4) is 5.75 Å². The van der Waals surface area contributed by atoms with Crippen molar-refractivity contribution in [2.75, 3.05) is 13.7 Å². The number of carbonyl (C=O) groups excluding carboxylic acids is 2. The zero-order chi connectivity index (χ0) is 20.8. The number of hydrazone groups is 1. The topological polar surface area (TPSA) is 92.7 Å². The predicted molar refractivity (Wildman–Crippen MR) is 113 cm³/mol. The van der Waals surface area contributed by atoms with Gasteiger partial charge >= 0.3 is 0 Å². The van der Waals surface area contributed by atoms with Gasteiger partial charge in [-0.2, -0.15) is 5.10 Å². The van der Waals surface area contributed by atoms with E-state index in [1.165, 1.54) is 6.21 Å². The number of rotatable bonds is 6. The van der Waals surface area contributed by atoms with Crippen LogP contribution < -0.4 is 15.5 Å². The number of amides is 2. The third kappa shape index (κ3) is 5.30. The highest BCUT2D eigenvalue weighted by molar-refractivity contribution is 6.32. The lowest BCUT2D eigenvalue weighted by Crippen LogP contribution is -2.34. The van der Waals surface area contributed by atoms with Crippen LogP contribution in [0, 0.1) is 6.92 Å². The molecular weight excluding hydrogens is 392 g/mol. The lowest BCUT2D eigenvalue weighted by atomic mass is 10.1. The van der Waals surface area contributed by atoms with E-state index in [0.29, 0.717) is 16.9 Å². The molecule has 8 heteroatoms. The fourth-order valence-electron chi connectivity index (χ4n) is 2.58. The van der Waals surface area contributed by atoms with E-state index >= 15 is 0 Å². The number of hydrogen-bond donors (Lipinski definition) is 2. The van der Waals surface area contributed by atoms with Gasteiger partial charge in [-0.3, -0.25) is 9.59 Å². The summed E-state index contributed by atoms with van der Waals surface area (Å²) in [5.74, 6) is -0.196. The number of fused-ring (bicyclic) bond motifs is 1. The Labute approximate surface area is 172 Å². The number of methoxy groups -OCH3 is 1. The fraction of sp³-hybridized carbons (Fsp3) is 0.143. The van der Waals surface area contributed by atoms with Crippen LogP contribution in [0.4, 0.5) is 0 Å². The monoisotopic (exact) mass is 410 g/mol. The van der Waals surface area contributed by atoms with E-state index in [9.17, 15) is 9.59 Å². The summed E-state index contributed by atoms with van der Waals surface area (Å²) < 4.78 is 5.04. The van der Waals surface area contributed by atoms with Gasteiger partial charge in [0.1, 0.15) is 10.9 Å². The van der Waals surface area contributed by atoms with Gasteiger partial charge in [0.25, 0.3) is 11.8 Å². The molecule has 0 saturated carbocycles. The lowest BCUT2D eigenvalue weighted by Gasteiger charge is -2.05. The van der Waals surface area contributed by atoms with E-state index < -0.39 is 5.91 Å². The van der Waals surface area contributed by atoms with Gasteiger partial charge in [-0.25, -0.2) is 10.4 Å². The van der Waals surface area contributed by atoms with Crippen LogP contribution in [-0.2, 0) is 4.79 Å². The van der Waals surface area contributed by atoms with Crippen LogP contribution in [0.3, 0.4) is 0 Å². The molecule has 0 aliphatic carbocycles. The molecule has 0 atom stereocenters. The van der Waals surface area contributed by atoms with E-state index in [4.69, 9.17) is 16.3 Å². The molecule has 2 amide bonds. The Morgan fingerprint density at radius 2 is 1.93 bits per heavy atom. The molecule has 0 saturated heterocycles. The second-order valence-electron chi connectivity index (χ2n) is 6.27. The third-order valence-corrected chi connectivity index (χ3v) is 4.41. The van der Waals surface area contributed by atoms with Crippen molar-refractivity contribution >= 4 is 40.5 Å². The molecule has 0 fully saturated rings. The normalized spacial score (nSPS) is 10.9. The Kier molecular flexibility index (Phi) is 6.41. The minimum absolute atomic E-state index is 0.217. The first kappa shape index (κ1) is 20.3. The summed E-state index contributed by atoms with van der Waals surface area (Å²) in [6.45, 7) is 1.76. The maximum atomic E-state index is 12.0. The van der Waals surface area contributed by atoms with E-state index in [0.717, 1.165) is 16.5 Å². The maximum absolute atomic E-state index is 12.0. The zero-order valence-corrected chi connectivity index (χ0v) is 16.7. The van der Waals surface area contributed by atoms with E-state index in [-0.39, 0.29) is 17.6 Å².